The Morgan fingerprint density at radius 2 is 2.23 bits per heavy atom. The van der Waals surface area contributed by atoms with Crippen LogP contribution in [0.5, 0.6) is 0 Å². The number of rotatable bonds is 3. The molecule has 0 aromatic carbocycles. The molecule has 1 aromatic rings. The Morgan fingerprint density at radius 1 is 1.54 bits per heavy atom. The highest BCUT2D eigenvalue weighted by atomic mass is 16.2. The van der Waals surface area contributed by atoms with Crippen LogP contribution in [0.3, 0.4) is 0 Å². The van der Waals surface area contributed by atoms with Gasteiger partial charge in [-0.25, -0.2) is 0 Å². The topological polar surface area (TPSA) is 73.1 Å². The van der Waals surface area contributed by atoms with Crippen molar-refractivity contribution in [3.8, 4) is 0 Å². The SMILES string of the molecule is CC(=O)C(C(N)=O)c1cccnc1. The molecule has 4 heteroatoms. The summed E-state index contributed by atoms with van der Waals surface area (Å²) in [6.07, 6.45) is 3.04. The number of carbonyl (C=O) groups is 2. The third kappa shape index (κ3) is 2.11. The molecule has 1 aromatic heterocycles. The molecule has 0 fully saturated rings. The molecule has 1 unspecified atom stereocenters. The quantitative estimate of drug-likeness (QED) is 0.674. The molecule has 2 N–H and O–H groups in total. The highest BCUT2D eigenvalue weighted by Gasteiger charge is 2.22. The molecule has 4 nitrogen and oxygen atoms in total. The van der Waals surface area contributed by atoms with Crippen LogP contribution in [-0.4, -0.2) is 16.7 Å². The molecule has 0 saturated heterocycles. The van der Waals surface area contributed by atoms with Crippen molar-refractivity contribution in [1.29, 1.82) is 0 Å². The molecule has 0 spiro atoms. The van der Waals surface area contributed by atoms with Crippen molar-refractivity contribution >= 4 is 11.7 Å². The van der Waals surface area contributed by atoms with Gasteiger partial charge in [-0.2, -0.15) is 0 Å². The summed E-state index contributed by atoms with van der Waals surface area (Å²) in [5.74, 6) is -1.77. The molecule has 0 saturated carbocycles. The normalized spacial score (nSPS) is 12.1. The maximum Gasteiger partial charge on any atom is 0.232 e. The predicted molar refractivity (Wildman–Crippen MR) is 46.9 cm³/mol. The Morgan fingerprint density at radius 3 is 2.62 bits per heavy atom. The summed E-state index contributed by atoms with van der Waals surface area (Å²) < 4.78 is 0. The standard InChI is InChI=1S/C9H10N2O2/c1-6(12)8(9(10)13)7-3-2-4-11-5-7/h2-5,8H,1H3,(H2,10,13). The van der Waals surface area contributed by atoms with E-state index in [1.54, 1.807) is 18.3 Å². The van der Waals surface area contributed by atoms with Crippen molar-refractivity contribution in [1.82, 2.24) is 4.98 Å². The van der Waals surface area contributed by atoms with Gasteiger partial charge in [-0.05, 0) is 18.6 Å². The summed E-state index contributed by atoms with van der Waals surface area (Å²) in [5.41, 5.74) is 5.63. The largest absolute Gasteiger partial charge is 0.369 e. The molecule has 0 bridgehead atoms. The zero-order valence-electron chi connectivity index (χ0n) is 7.23. The minimum atomic E-state index is -0.867. The van der Waals surface area contributed by atoms with Crippen LogP contribution in [0, 0.1) is 0 Å². The molecular weight excluding hydrogens is 168 g/mol. The summed E-state index contributed by atoms with van der Waals surface area (Å²) in [6.45, 7) is 1.34. The van der Waals surface area contributed by atoms with Crippen molar-refractivity contribution in [2.45, 2.75) is 12.8 Å². The zero-order valence-corrected chi connectivity index (χ0v) is 7.23. The van der Waals surface area contributed by atoms with E-state index in [-0.39, 0.29) is 5.78 Å². The first-order valence-corrected chi connectivity index (χ1v) is 3.82. The van der Waals surface area contributed by atoms with Crippen LogP contribution < -0.4 is 5.73 Å². The van der Waals surface area contributed by atoms with Crippen LogP contribution in [0.1, 0.15) is 18.4 Å². The molecule has 0 aliphatic rings. The second kappa shape index (κ2) is 3.80. The number of ketones is 1. The molecule has 1 rings (SSSR count). The van der Waals surface area contributed by atoms with Crippen LogP contribution in [0.25, 0.3) is 0 Å². The van der Waals surface area contributed by atoms with Crippen LogP contribution in [-0.2, 0) is 9.59 Å². The maximum absolute atomic E-state index is 11.1. The summed E-state index contributed by atoms with van der Waals surface area (Å²) in [4.78, 5) is 25.8. The number of nitrogens with two attached hydrogens (primary N) is 1. The van der Waals surface area contributed by atoms with E-state index < -0.39 is 11.8 Å². The highest BCUT2D eigenvalue weighted by Crippen LogP contribution is 2.14. The van der Waals surface area contributed by atoms with Crippen molar-refractivity contribution in [2.24, 2.45) is 5.73 Å². The number of aromatic nitrogens is 1. The Hall–Kier alpha value is -1.71. The second-order valence-electron chi connectivity index (χ2n) is 2.73. The predicted octanol–water partition coefficient (Wildman–Crippen LogP) is 0.239. The number of hydrogen-bond acceptors (Lipinski definition) is 3. The lowest BCUT2D eigenvalue weighted by Gasteiger charge is -2.08. The van der Waals surface area contributed by atoms with Gasteiger partial charge in [-0.15, -0.1) is 0 Å². The average Bonchev–Trinajstić information content (AvgIpc) is 2.04. The Kier molecular flexibility index (Phi) is 2.74. The van der Waals surface area contributed by atoms with E-state index >= 15 is 0 Å². The molecule has 68 valence electrons. The summed E-state index contributed by atoms with van der Waals surface area (Å²) in [5, 5.41) is 0. The van der Waals surface area contributed by atoms with Gasteiger partial charge in [-0.1, -0.05) is 6.07 Å². The van der Waals surface area contributed by atoms with E-state index in [2.05, 4.69) is 4.98 Å². The number of carbonyl (C=O) groups excluding carboxylic acids is 2. The number of hydrogen-bond donors (Lipinski definition) is 1. The van der Waals surface area contributed by atoms with Gasteiger partial charge in [0.25, 0.3) is 0 Å². The minimum Gasteiger partial charge on any atom is -0.369 e. The Labute approximate surface area is 75.8 Å². The molecule has 0 aliphatic heterocycles. The van der Waals surface area contributed by atoms with E-state index in [9.17, 15) is 9.59 Å². The first-order valence-electron chi connectivity index (χ1n) is 3.82. The lowest BCUT2D eigenvalue weighted by atomic mass is 9.97. The van der Waals surface area contributed by atoms with Gasteiger partial charge in [0.15, 0.2) is 0 Å². The smallest absolute Gasteiger partial charge is 0.232 e. The Bertz CT molecular complexity index is 308. The summed E-state index contributed by atoms with van der Waals surface area (Å²) in [6, 6.07) is 3.32. The zero-order chi connectivity index (χ0) is 9.84. The van der Waals surface area contributed by atoms with Crippen LogP contribution in [0.15, 0.2) is 24.5 Å². The summed E-state index contributed by atoms with van der Waals surface area (Å²) in [7, 11) is 0. The van der Waals surface area contributed by atoms with Crippen molar-refractivity contribution in [3.05, 3.63) is 30.1 Å². The van der Waals surface area contributed by atoms with Crippen molar-refractivity contribution in [2.75, 3.05) is 0 Å². The minimum absolute atomic E-state index is 0.263. The van der Waals surface area contributed by atoms with Gasteiger partial charge in [0.2, 0.25) is 5.91 Å². The van der Waals surface area contributed by atoms with Gasteiger partial charge in [0, 0.05) is 12.4 Å². The maximum atomic E-state index is 11.1. The number of nitrogens with zero attached hydrogens (tertiary/aromatic N) is 1. The van der Waals surface area contributed by atoms with E-state index in [1.165, 1.54) is 13.1 Å². The van der Waals surface area contributed by atoms with Crippen LogP contribution in [0.2, 0.25) is 0 Å². The third-order valence-electron chi connectivity index (χ3n) is 1.71. The average molecular weight is 178 g/mol. The van der Waals surface area contributed by atoms with E-state index in [0.717, 1.165) is 0 Å². The molecule has 1 atom stereocenters. The first kappa shape index (κ1) is 9.38. The van der Waals surface area contributed by atoms with E-state index in [0.29, 0.717) is 5.56 Å². The van der Waals surface area contributed by atoms with Crippen molar-refractivity contribution < 1.29 is 9.59 Å². The number of Topliss-reactive ketones (excluding diaryl/α,β-unsaturated/α-hetero) is 1. The molecular formula is C9H10N2O2. The first-order chi connectivity index (χ1) is 6.13. The fraction of sp³-hybridized carbons (Fsp3) is 0.222. The molecule has 0 radical (unpaired) electrons. The van der Waals surface area contributed by atoms with Gasteiger partial charge < -0.3 is 5.73 Å². The number of primary amides is 1. The second-order valence-corrected chi connectivity index (χ2v) is 2.73. The van der Waals surface area contributed by atoms with E-state index in [1.807, 2.05) is 0 Å². The number of pyridine rings is 1. The molecule has 1 amide bonds. The molecule has 13 heavy (non-hydrogen) atoms. The monoisotopic (exact) mass is 178 g/mol. The van der Waals surface area contributed by atoms with Crippen LogP contribution >= 0.6 is 0 Å². The highest BCUT2D eigenvalue weighted by molar-refractivity contribution is 6.04. The molecule has 1 heterocycles. The van der Waals surface area contributed by atoms with Gasteiger partial charge in [0.05, 0.1) is 0 Å². The van der Waals surface area contributed by atoms with Crippen molar-refractivity contribution in [3.63, 3.8) is 0 Å². The fourth-order valence-electron chi connectivity index (χ4n) is 1.15. The van der Waals surface area contributed by atoms with E-state index in [4.69, 9.17) is 5.73 Å². The third-order valence-corrected chi connectivity index (χ3v) is 1.71. The molecule has 0 aliphatic carbocycles. The lowest BCUT2D eigenvalue weighted by molar-refractivity contribution is -0.127. The van der Waals surface area contributed by atoms with Gasteiger partial charge >= 0.3 is 0 Å². The fourth-order valence-corrected chi connectivity index (χ4v) is 1.15. The Balaban J connectivity index is 3.03. The number of amides is 1. The lowest BCUT2D eigenvalue weighted by Crippen LogP contribution is -2.26. The van der Waals surface area contributed by atoms with Gasteiger partial charge in [-0.3, -0.25) is 14.6 Å². The van der Waals surface area contributed by atoms with Gasteiger partial charge in [0.1, 0.15) is 11.7 Å². The van der Waals surface area contributed by atoms with Crippen LogP contribution in [0.4, 0.5) is 0 Å². The summed E-state index contributed by atoms with van der Waals surface area (Å²) >= 11 is 0.